The van der Waals surface area contributed by atoms with Crippen LogP contribution in [0.4, 0.5) is 17.2 Å². The fraction of sp³-hybridized carbons (Fsp3) is 0.312. The minimum atomic E-state index is 0.461. The van der Waals surface area contributed by atoms with E-state index in [1.54, 1.807) is 6.07 Å². The predicted octanol–water partition coefficient (Wildman–Crippen LogP) is 3.59. The Hall–Kier alpha value is -2.43. The highest BCUT2D eigenvalue weighted by Gasteiger charge is 2.05. The molecular formula is C16H21N3O2. The molecule has 3 N–H and O–H groups in total. The van der Waals surface area contributed by atoms with Gasteiger partial charge in [0.2, 0.25) is 5.88 Å². The van der Waals surface area contributed by atoms with Crippen LogP contribution in [0.1, 0.15) is 20.3 Å². The largest absolute Gasteiger partial charge is 0.494 e. The van der Waals surface area contributed by atoms with E-state index < -0.39 is 0 Å². The molecule has 21 heavy (non-hydrogen) atoms. The Balaban J connectivity index is 2.13. The number of rotatable bonds is 7. The topological polar surface area (TPSA) is 69.4 Å². The van der Waals surface area contributed by atoms with Crippen molar-refractivity contribution in [2.24, 2.45) is 0 Å². The molecule has 0 aliphatic rings. The molecular weight excluding hydrogens is 266 g/mol. The zero-order valence-electron chi connectivity index (χ0n) is 12.4. The van der Waals surface area contributed by atoms with Crippen LogP contribution in [0.3, 0.4) is 0 Å². The summed E-state index contributed by atoms with van der Waals surface area (Å²) in [6.07, 6.45) is 0.912. The van der Waals surface area contributed by atoms with Crippen LogP contribution in [0.5, 0.6) is 11.6 Å². The second-order valence-corrected chi connectivity index (χ2v) is 4.53. The number of nitrogens with one attached hydrogen (secondary N) is 1. The Bertz CT molecular complexity index is 587. The highest BCUT2D eigenvalue weighted by Crippen LogP contribution is 2.25. The van der Waals surface area contributed by atoms with Crippen molar-refractivity contribution in [2.45, 2.75) is 20.3 Å². The number of hydrogen-bond acceptors (Lipinski definition) is 5. The first-order valence-corrected chi connectivity index (χ1v) is 7.12. The van der Waals surface area contributed by atoms with E-state index in [4.69, 9.17) is 15.2 Å². The van der Waals surface area contributed by atoms with Crippen molar-refractivity contribution in [2.75, 3.05) is 24.3 Å². The SMILES string of the molecule is CCCOc1nc(Nc2cccc(OCC)c2)ccc1N. The third kappa shape index (κ3) is 4.27. The normalized spacial score (nSPS) is 10.2. The fourth-order valence-corrected chi connectivity index (χ4v) is 1.81. The second-order valence-electron chi connectivity index (χ2n) is 4.53. The molecule has 0 spiro atoms. The molecule has 2 rings (SSSR count). The van der Waals surface area contributed by atoms with Crippen LogP contribution < -0.4 is 20.5 Å². The third-order valence-corrected chi connectivity index (χ3v) is 2.75. The lowest BCUT2D eigenvalue weighted by atomic mass is 10.3. The van der Waals surface area contributed by atoms with Crippen molar-refractivity contribution >= 4 is 17.2 Å². The number of nitrogens with zero attached hydrogens (tertiary/aromatic N) is 1. The van der Waals surface area contributed by atoms with Gasteiger partial charge in [-0.1, -0.05) is 13.0 Å². The van der Waals surface area contributed by atoms with Crippen molar-refractivity contribution in [3.8, 4) is 11.6 Å². The molecule has 0 radical (unpaired) electrons. The lowest BCUT2D eigenvalue weighted by molar-refractivity contribution is 0.307. The molecule has 1 heterocycles. The third-order valence-electron chi connectivity index (χ3n) is 2.75. The molecule has 1 aromatic heterocycles. The number of aromatic nitrogens is 1. The van der Waals surface area contributed by atoms with Crippen LogP contribution in [0.2, 0.25) is 0 Å². The summed E-state index contributed by atoms with van der Waals surface area (Å²) in [4.78, 5) is 4.38. The number of ether oxygens (including phenoxy) is 2. The first-order chi connectivity index (χ1) is 10.2. The van der Waals surface area contributed by atoms with Crippen LogP contribution in [0, 0.1) is 0 Å². The van der Waals surface area contributed by atoms with Gasteiger partial charge in [0, 0.05) is 11.8 Å². The zero-order valence-corrected chi connectivity index (χ0v) is 12.4. The van der Waals surface area contributed by atoms with E-state index in [0.717, 1.165) is 17.9 Å². The van der Waals surface area contributed by atoms with Gasteiger partial charge in [0.05, 0.1) is 18.9 Å². The number of nitrogens with two attached hydrogens (primary N) is 1. The van der Waals surface area contributed by atoms with Crippen molar-refractivity contribution in [1.29, 1.82) is 0 Å². The van der Waals surface area contributed by atoms with E-state index in [1.165, 1.54) is 0 Å². The molecule has 0 unspecified atom stereocenters. The van der Waals surface area contributed by atoms with Crippen molar-refractivity contribution < 1.29 is 9.47 Å². The van der Waals surface area contributed by atoms with E-state index in [1.807, 2.05) is 44.2 Å². The van der Waals surface area contributed by atoms with Gasteiger partial charge in [-0.3, -0.25) is 0 Å². The number of anilines is 3. The molecule has 0 fully saturated rings. The summed E-state index contributed by atoms with van der Waals surface area (Å²) in [6.45, 7) is 5.23. The monoisotopic (exact) mass is 287 g/mol. The van der Waals surface area contributed by atoms with Gasteiger partial charge in [0.15, 0.2) is 0 Å². The molecule has 1 aromatic carbocycles. The quantitative estimate of drug-likeness (QED) is 0.814. The summed E-state index contributed by atoms with van der Waals surface area (Å²) >= 11 is 0. The van der Waals surface area contributed by atoms with E-state index in [9.17, 15) is 0 Å². The average Bonchev–Trinajstić information content (AvgIpc) is 2.48. The smallest absolute Gasteiger partial charge is 0.239 e. The molecule has 5 heteroatoms. The summed E-state index contributed by atoms with van der Waals surface area (Å²) in [7, 11) is 0. The van der Waals surface area contributed by atoms with Crippen molar-refractivity contribution in [3.05, 3.63) is 36.4 Å². The Morgan fingerprint density at radius 3 is 2.76 bits per heavy atom. The Kier molecular flexibility index (Phi) is 5.26. The van der Waals surface area contributed by atoms with Crippen LogP contribution in [-0.4, -0.2) is 18.2 Å². The zero-order chi connectivity index (χ0) is 15.1. The number of hydrogen-bond donors (Lipinski definition) is 2. The van der Waals surface area contributed by atoms with E-state index >= 15 is 0 Å². The Morgan fingerprint density at radius 2 is 2.00 bits per heavy atom. The van der Waals surface area contributed by atoms with Gasteiger partial charge >= 0.3 is 0 Å². The Labute approximate surface area is 125 Å². The van der Waals surface area contributed by atoms with Crippen molar-refractivity contribution in [3.63, 3.8) is 0 Å². The molecule has 0 saturated heterocycles. The molecule has 5 nitrogen and oxygen atoms in total. The molecule has 0 aliphatic heterocycles. The highest BCUT2D eigenvalue weighted by atomic mass is 16.5. The predicted molar refractivity (Wildman–Crippen MR) is 85.3 cm³/mol. The van der Waals surface area contributed by atoms with Gasteiger partial charge in [-0.25, -0.2) is 0 Å². The number of benzene rings is 1. The summed E-state index contributed by atoms with van der Waals surface area (Å²) in [6, 6.07) is 11.3. The van der Waals surface area contributed by atoms with Gasteiger partial charge in [-0.15, -0.1) is 0 Å². The van der Waals surface area contributed by atoms with Crippen LogP contribution >= 0.6 is 0 Å². The van der Waals surface area contributed by atoms with Gasteiger partial charge < -0.3 is 20.5 Å². The summed E-state index contributed by atoms with van der Waals surface area (Å²) < 4.78 is 11.0. The first kappa shape index (κ1) is 15.0. The molecule has 0 amide bonds. The standard InChI is InChI=1S/C16H21N3O2/c1-3-10-21-16-14(17)8-9-15(19-16)18-12-6-5-7-13(11-12)20-4-2/h5-9,11H,3-4,10,17H2,1-2H3,(H,18,19). The molecule has 0 aliphatic carbocycles. The average molecular weight is 287 g/mol. The van der Waals surface area contributed by atoms with Crippen LogP contribution in [0.25, 0.3) is 0 Å². The fourth-order valence-electron chi connectivity index (χ4n) is 1.81. The molecule has 2 aromatic rings. The maximum Gasteiger partial charge on any atom is 0.239 e. The highest BCUT2D eigenvalue weighted by molar-refractivity contribution is 5.61. The molecule has 0 saturated carbocycles. The number of pyridine rings is 1. The number of nitrogen functional groups attached to an aromatic ring is 1. The maximum atomic E-state index is 5.85. The van der Waals surface area contributed by atoms with Crippen LogP contribution in [0.15, 0.2) is 36.4 Å². The summed E-state index contributed by atoms with van der Waals surface area (Å²) in [5.74, 6) is 1.96. The maximum absolute atomic E-state index is 5.85. The second kappa shape index (κ2) is 7.38. The first-order valence-electron chi connectivity index (χ1n) is 7.12. The van der Waals surface area contributed by atoms with E-state index in [-0.39, 0.29) is 0 Å². The van der Waals surface area contributed by atoms with Gasteiger partial charge in [0.25, 0.3) is 0 Å². The Morgan fingerprint density at radius 1 is 1.14 bits per heavy atom. The lowest BCUT2D eigenvalue weighted by Gasteiger charge is -2.11. The summed E-state index contributed by atoms with van der Waals surface area (Å²) in [5, 5.41) is 3.22. The molecule has 0 atom stereocenters. The molecule has 112 valence electrons. The minimum absolute atomic E-state index is 0.461. The van der Waals surface area contributed by atoms with Gasteiger partial charge in [-0.05, 0) is 37.6 Å². The van der Waals surface area contributed by atoms with Crippen LogP contribution in [-0.2, 0) is 0 Å². The lowest BCUT2D eigenvalue weighted by Crippen LogP contribution is -2.03. The minimum Gasteiger partial charge on any atom is -0.494 e. The molecule has 0 bridgehead atoms. The van der Waals surface area contributed by atoms with E-state index in [0.29, 0.717) is 30.6 Å². The van der Waals surface area contributed by atoms with Gasteiger partial charge in [-0.2, -0.15) is 4.98 Å². The van der Waals surface area contributed by atoms with Gasteiger partial charge in [0.1, 0.15) is 11.6 Å². The summed E-state index contributed by atoms with van der Waals surface area (Å²) in [5.41, 5.74) is 7.29. The van der Waals surface area contributed by atoms with E-state index in [2.05, 4.69) is 10.3 Å². The van der Waals surface area contributed by atoms with Crippen molar-refractivity contribution in [1.82, 2.24) is 4.98 Å².